The zero-order chi connectivity index (χ0) is 27.6. The normalized spacial score (nSPS) is 14.5. The Morgan fingerprint density at radius 2 is 1.42 bits per heavy atom. The minimum atomic E-state index is -1.64. The van der Waals surface area contributed by atoms with Gasteiger partial charge in [0.05, 0.1) is 0 Å². The van der Waals surface area contributed by atoms with E-state index in [1.165, 1.54) is 30.3 Å². The summed E-state index contributed by atoms with van der Waals surface area (Å²) >= 11 is 0. The summed E-state index contributed by atoms with van der Waals surface area (Å²) in [5, 5.41) is 73.7. The molecule has 3 aromatic carbocycles. The van der Waals surface area contributed by atoms with Crippen molar-refractivity contribution in [1.29, 1.82) is 0 Å². The predicted octanol–water partition coefficient (Wildman–Crippen LogP) is 3.46. The Morgan fingerprint density at radius 3 is 2.05 bits per heavy atom. The maximum Gasteiger partial charge on any atom is 0.259 e. The molecule has 0 aromatic heterocycles. The van der Waals surface area contributed by atoms with Gasteiger partial charge in [-0.2, -0.15) is 0 Å². The van der Waals surface area contributed by atoms with Gasteiger partial charge in [-0.15, -0.1) is 0 Å². The minimum absolute atomic E-state index is 0.00202. The van der Waals surface area contributed by atoms with Gasteiger partial charge in [-0.1, -0.05) is 25.3 Å². The van der Waals surface area contributed by atoms with Crippen LogP contribution in [0.5, 0.6) is 40.2 Å². The SMILES string of the molecule is O=C(NC1CCCCC1)C(c1ccc(O)c(O)c1O)N(C(=O)c1cc(O)c(O)c(O)c1)c1cccc(O)c1. The minimum Gasteiger partial charge on any atom is -0.508 e. The molecule has 0 saturated heterocycles. The van der Waals surface area contributed by atoms with Gasteiger partial charge in [-0.25, -0.2) is 0 Å². The van der Waals surface area contributed by atoms with E-state index in [2.05, 4.69) is 5.32 Å². The van der Waals surface area contributed by atoms with Crippen molar-refractivity contribution < 1.29 is 45.3 Å². The Labute approximate surface area is 217 Å². The van der Waals surface area contributed by atoms with Crippen LogP contribution in [0.3, 0.4) is 0 Å². The highest BCUT2D eigenvalue weighted by atomic mass is 16.3. The van der Waals surface area contributed by atoms with Crippen LogP contribution in [0.1, 0.15) is 54.1 Å². The van der Waals surface area contributed by atoms with E-state index < -0.39 is 52.4 Å². The summed E-state index contributed by atoms with van der Waals surface area (Å²) in [6, 6.07) is 7.50. The number of nitrogens with one attached hydrogen (secondary N) is 1. The number of hydrogen-bond donors (Lipinski definition) is 8. The lowest BCUT2D eigenvalue weighted by molar-refractivity contribution is -0.123. The molecule has 2 amide bonds. The van der Waals surface area contributed by atoms with Gasteiger partial charge in [-0.05, 0) is 49.2 Å². The van der Waals surface area contributed by atoms with Crippen LogP contribution >= 0.6 is 0 Å². The van der Waals surface area contributed by atoms with Crippen LogP contribution in [0.25, 0.3) is 0 Å². The summed E-state index contributed by atoms with van der Waals surface area (Å²) in [6.45, 7) is 0. The second kappa shape index (κ2) is 10.7. The van der Waals surface area contributed by atoms with Crippen LogP contribution in [-0.4, -0.2) is 53.6 Å². The lowest BCUT2D eigenvalue weighted by atomic mass is 9.94. The van der Waals surface area contributed by atoms with E-state index in [9.17, 15) is 45.3 Å². The highest BCUT2D eigenvalue weighted by Crippen LogP contribution is 2.44. The van der Waals surface area contributed by atoms with E-state index in [1.54, 1.807) is 0 Å². The average molecular weight is 525 g/mol. The van der Waals surface area contributed by atoms with Gasteiger partial charge in [0.25, 0.3) is 5.91 Å². The van der Waals surface area contributed by atoms with E-state index in [-0.39, 0.29) is 28.6 Å². The molecule has 1 aliphatic rings. The van der Waals surface area contributed by atoms with E-state index in [4.69, 9.17) is 0 Å². The molecule has 0 bridgehead atoms. The standard InChI is InChI=1S/C27H28N2O9/c30-17-8-4-7-16(13-17)29(27(38)14-11-20(32)24(35)21(33)12-14)22(18-9-10-19(31)25(36)23(18)34)26(37)28-15-5-2-1-3-6-15/h4,7-13,15,22,30-36H,1-3,5-6H2,(H,28,37). The monoisotopic (exact) mass is 524 g/mol. The van der Waals surface area contributed by atoms with Crippen LogP contribution in [0, 0.1) is 0 Å². The summed E-state index contributed by atoms with van der Waals surface area (Å²) in [6.07, 6.45) is 4.20. The maximum absolute atomic E-state index is 13.9. The molecule has 0 heterocycles. The molecule has 1 saturated carbocycles. The zero-order valence-corrected chi connectivity index (χ0v) is 20.2. The molecule has 0 aliphatic heterocycles. The molecule has 1 unspecified atom stereocenters. The third-order valence-electron chi connectivity index (χ3n) is 6.56. The first-order valence-electron chi connectivity index (χ1n) is 12.0. The lowest BCUT2D eigenvalue weighted by Crippen LogP contribution is -2.47. The maximum atomic E-state index is 13.9. The van der Waals surface area contributed by atoms with Crippen LogP contribution in [0.4, 0.5) is 5.69 Å². The number of anilines is 1. The number of carbonyl (C=O) groups excluding carboxylic acids is 2. The van der Waals surface area contributed by atoms with Gasteiger partial charge >= 0.3 is 0 Å². The van der Waals surface area contributed by atoms with Gasteiger partial charge in [0, 0.05) is 28.9 Å². The third-order valence-corrected chi connectivity index (χ3v) is 6.56. The van der Waals surface area contributed by atoms with Crippen molar-refractivity contribution in [3.63, 3.8) is 0 Å². The average Bonchev–Trinajstić information content (AvgIpc) is 2.89. The summed E-state index contributed by atoms with van der Waals surface area (Å²) < 4.78 is 0. The van der Waals surface area contributed by atoms with Crippen molar-refractivity contribution in [2.75, 3.05) is 4.90 Å². The van der Waals surface area contributed by atoms with Crippen LogP contribution < -0.4 is 10.2 Å². The quantitative estimate of drug-likeness (QED) is 0.223. The Morgan fingerprint density at radius 1 is 0.763 bits per heavy atom. The molecule has 3 aromatic rings. The second-order valence-corrected chi connectivity index (χ2v) is 9.18. The topological polar surface area (TPSA) is 191 Å². The van der Waals surface area contributed by atoms with Crippen LogP contribution in [-0.2, 0) is 4.79 Å². The van der Waals surface area contributed by atoms with Gasteiger partial charge in [0.15, 0.2) is 28.7 Å². The Hall–Kier alpha value is -4.80. The van der Waals surface area contributed by atoms with Gasteiger partial charge in [-0.3, -0.25) is 14.5 Å². The number of hydrogen-bond acceptors (Lipinski definition) is 9. The van der Waals surface area contributed by atoms with Crippen molar-refractivity contribution in [2.24, 2.45) is 0 Å². The Balaban J connectivity index is 1.91. The molecule has 0 spiro atoms. The number of benzene rings is 3. The molecular formula is C27H28N2O9. The van der Waals surface area contributed by atoms with Crippen LogP contribution in [0.15, 0.2) is 48.5 Å². The Kier molecular flexibility index (Phi) is 7.38. The number of carbonyl (C=O) groups is 2. The molecule has 1 aliphatic carbocycles. The van der Waals surface area contributed by atoms with E-state index in [0.717, 1.165) is 42.4 Å². The number of phenols is 7. The van der Waals surface area contributed by atoms with E-state index in [1.807, 2.05) is 0 Å². The molecule has 11 nitrogen and oxygen atoms in total. The molecule has 0 radical (unpaired) electrons. The van der Waals surface area contributed by atoms with Crippen molar-refractivity contribution >= 4 is 17.5 Å². The van der Waals surface area contributed by atoms with Crippen molar-refractivity contribution in [3.8, 4) is 40.2 Å². The fraction of sp³-hybridized carbons (Fsp3) is 0.259. The molecular weight excluding hydrogens is 496 g/mol. The molecule has 4 rings (SSSR count). The third kappa shape index (κ3) is 5.17. The molecule has 38 heavy (non-hydrogen) atoms. The molecule has 200 valence electrons. The Bertz CT molecular complexity index is 1350. The van der Waals surface area contributed by atoms with Crippen molar-refractivity contribution in [3.05, 3.63) is 59.7 Å². The lowest BCUT2D eigenvalue weighted by Gasteiger charge is -2.34. The number of rotatable bonds is 6. The van der Waals surface area contributed by atoms with Crippen molar-refractivity contribution in [1.82, 2.24) is 5.32 Å². The molecule has 1 atom stereocenters. The molecule has 11 heteroatoms. The zero-order valence-electron chi connectivity index (χ0n) is 20.2. The summed E-state index contributed by atoms with van der Waals surface area (Å²) in [7, 11) is 0. The van der Waals surface area contributed by atoms with Crippen LogP contribution in [0.2, 0.25) is 0 Å². The number of aromatic hydroxyl groups is 7. The largest absolute Gasteiger partial charge is 0.508 e. The summed E-state index contributed by atoms with van der Waals surface area (Å²) in [4.78, 5) is 28.6. The first-order valence-corrected chi connectivity index (χ1v) is 12.0. The molecule has 8 N–H and O–H groups in total. The fourth-order valence-corrected chi connectivity index (χ4v) is 4.62. The van der Waals surface area contributed by atoms with Gasteiger partial charge < -0.3 is 41.1 Å². The van der Waals surface area contributed by atoms with E-state index in [0.29, 0.717) is 12.8 Å². The first-order chi connectivity index (χ1) is 18.1. The number of amides is 2. The smallest absolute Gasteiger partial charge is 0.259 e. The summed E-state index contributed by atoms with van der Waals surface area (Å²) in [5.41, 5.74) is -0.575. The predicted molar refractivity (Wildman–Crippen MR) is 136 cm³/mol. The highest BCUT2D eigenvalue weighted by molar-refractivity contribution is 6.11. The first kappa shape index (κ1) is 26.3. The fourth-order valence-electron chi connectivity index (χ4n) is 4.62. The summed E-state index contributed by atoms with van der Waals surface area (Å²) in [5.74, 6) is -6.77. The molecule has 1 fully saturated rings. The van der Waals surface area contributed by atoms with Crippen molar-refractivity contribution in [2.45, 2.75) is 44.2 Å². The number of nitrogens with zero attached hydrogens (tertiary/aromatic N) is 1. The highest BCUT2D eigenvalue weighted by Gasteiger charge is 2.38. The van der Waals surface area contributed by atoms with Gasteiger partial charge in [0.2, 0.25) is 11.7 Å². The second-order valence-electron chi connectivity index (χ2n) is 9.18. The van der Waals surface area contributed by atoms with E-state index >= 15 is 0 Å². The number of phenolic OH excluding ortho intramolecular Hbond substituents is 7. The van der Waals surface area contributed by atoms with Gasteiger partial charge in [0.1, 0.15) is 11.8 Å².